The van der Waals surface area contributed by atoms with Gasteiger partial charge in [-0.1, -0.05) is 60.1 Å². The smallest absolute Gasteiger partial charge is 0.341 e. The average molecular weight is 389 g/mol. The fourth-order valence-corrected chi connectivity index (χ4v) is 3.69. The fraction of sp³-hybridized carbons (Fsp3) is 0.105. The van der Waals surface area contributed by atoms with Gasteiger partial charge in [-0.05, 0) is 17.7 Å². The predicted octanol–water partition coefficient (Wildman–Crippen LogP) is 2.06. The molecule has 1 amide bonds. The number of likely N-dealkylation sites (N-methyl/N-ethyl adjacent to an activating group) is 1. The Kier molecular flexibility index (Phi) is 4.61. The highest BCUT2D eigenvalue weighted by atomic mass is 35.5. The van der Waals surface area contributed by atoms with E-state index < -0.39 is 17.4 Å². The Labute approximate surface area is 159 Å². The summed E-state index contributed by atoms with van der Waals surface area (Å²) in [6.07, 6.45) is 0. The summed E-state index contributed by atoms with van der Waals surface area (Å²) in [7, 11) is 1.44. The molecule has 2 aromatic carbocycles. The van der Waals surface area contributed by atoms with Crippen LogP contribution in [0.15, 0.2) is 59.6 Å². The van der Waals surface area contributed by atoms with E-state index in [9.17, 15) is 14.7 Å². The van der Waals surface area contributed by atoms with Gasteiger partial charge in [-0.2, -0.15) is 0 Å². The molecule has 26 heavy (non-hydrogen) atoms. The van der Waals surface area contributed by atoms with Crippen molar-refractivity contribution in [3.8, 4) is 0 Å². The zero-order chi connectivity index (χ0) is 19.1. The lowest BCUT2D eigenvalue weighted by molar-refractivity contribution is -0.141. The quantitative estimate of drug-likeness (QED) is 0.786. The number of carboxylic acids is 1. The van der Waals surface area contributed by atoms with Crippen molar-refractivity contribution in [2.45, 2.75) is 5.54 Å². The standard InChI is InChI=1S/C19H14Cl2N2O3/c1-10(17(24)22-2)16-15-13(21)8-12(20)9-14(15)23-19(16,18(25)26)11-6-4-3-5-7-11/h3-9H,1H2,2H3,(H,22,24)(H,25,26). The molecule has 3 rings (SSSR count). The number of carboxylic acid groups (broad SMARTS) is 1. The number of benzene rings is 2. The van der Waals surface area contributed by atoms with Crippen molar-refractivity contribution in [3.63, 3.8) is 0 Å². The second-order valence-corrected chi connectivity index (χ2v) is 6.55. The van der Waals surface area contributed by atoms with Crippen molar-refractivity contribution in [2.75, 3.05) is 7.05 Å². The topological polar surface area (TPSA) is 78.8 Å². The number of carbonyl (C=O) groups excluding carboxylic acids is 1. The number of rotatable bonds is 4. The molecule has 1 aliphatic rings. The van der Waals surface area contributed by atoms with Crippen molar-refractivity contribution in [1.29, 1.82) is 0 Å². The van der Waals surface area contributed by atoms with Crippen molar-refractivity contribution >= 4 is 40.7 Å². The van der Waals surface area contributed by atoms with Gasteiger partial charge in [-0.3, -0.25) is 9.79 Å². The van der Waals surface area contributed by atoms with Crippen molar-refractivity contribution < 1.29 is 14.7 Å². The molecule has 0 aromatic heterocycles. The molecule has 1 atom stereocenters. The van der Waals surface area contributed by atoms with Gasteiger partial charge in [0, 0.05) is 28.4 Å². The molecule has 1 aliphatic heterocycles. The zero-order valence-corrected chi connectivity index (χ0v) is 15.2. The van der Waals surface area contributed by atoms with Crippen LogP contribution < -0.4 is 15.9 Å². The molecule has 0 fully saturated rings. The minimum Gasteiger partial charge on any atom is -0.479 e. The molecule has 132 valence electrons. The Morgan fingerprint density at radius 3 is 2.42 bits per heavy atom. The van der Waals surface area contributed by atoms with E-state index in [2.05, 4.69) is 16.9 Å². The Morgan fingerprint density at radius 2 is 1.85 bits per heavy atom. The molecular weight excluding hydrogens is 375 g/mol. The number of carbonyl (C=O) groups is 2. The summed E-state index contributed by atoms with van der Waals surface area (Å²) < 4.78 is 0. The molecule has 0 saturated heterocycles. The van der Waals surface area contributed by atoms with Gasteiger partial charge < -0.3 is 10.4 Å². The Hall–Kier alpha value is -2.63. The first kappa shape index (κ1) is 18.2. The van der Waals surface area contributed by atoms with Crippen LogP contribution in [0.3, 0.4) is 0 Å². The highest BCUT2D eigenvalue weighted by Crippen LogP contribution is 2.40. The summed E-state index contributed by atoms with van der Waals surface area (Å²) in [4.78, 5) is 29.2. The van der Waals surface area contributed by atoms with Gasteiger partial charge in [-0.15, -0.1) is 0 Å². The van der Waals surface area contributed by atoms with Crippen molar-refractivity contribution in [3.05, 3.63) is 80.8 Å². The maximum Gasteiger partial charge on any atom is 0.341 e. The number of amides is 1. The Balaban J connectivity index is 2.51. The first-order valence-electron chi connectivity index (χ1n) is 7.63. The van der Waals surface area contributed by atoms with E-state index in [1.165, 1.54) is 19.2 Å². The van der Waals surface area contributed by atoms with Crippen molar-refractivity contribution in [2.24, 2.45) is 4.99 Å². The number of hydrogen-bond acceptors (Lipinski definition) is 3. The lowest BCUT2D eigenvalue weighted by Crippen LogP contribution is -2.38. The number of hydrogen-bond donors (Lipinski definition) is 2. The second-order valence-electron chi connectivity index (χ2n) is 5.71. The number of fused-ring (bicyclic) bond motifs is 1. The van der Waals surface area contributed by atoms with E-state index in [0.29, 0.717) is 21.2 Å². The molecule has 1 heterocycles. The van der Waals surface area contributed by atoms with E-state index in [1.54, 1.807) is 30.3 Å². The normalized spacial score (nSPS) is 18.0. The van der Waals surface area contributed by atoms with Crippen LogP contribution >= 0.6 is 23.2 Å². The van der Waals surface area contributed by atoms with Gasteiger partial charge in [-0.25, -0.2) is 4.79 Å². The lowest BCUT2D eigenvalue weighted by Gasteiger charge is -2.27. The molecule has 0 spiro atoms. The molecule has 2 aromatic rings. The van der Waals surface area contributed by atoms with E-state index in [1.807, 2.05) is 0 Å². The maximum absolute atomic E-state index is 12.5. The van der Waals surface area contributed by atoms with Crippen LogP contribution in [0, 0.1) is 0 Å². The van der Waals surface area contributed by atoms with Gasteiger partial charge in [0.25, 0.3) is 5.91 Å². The van der Waals surface area contributed by atoms with Gasteiger partial charge in [0.1, 0.15) is 0 Å². The summed E-state index contributed by atoms with van der Waals surface area (Å²) in [5.41, 5.74) is -1.35. The third-order valence-corrected chi connectivity index (χ3v) is 4.75. The number of halogens is 2. The SMILES string of the molecule is C=C(C(=O)NC)C1=c2c(Cl)cc(Cl)cc2=NC1(C(=O)O)c1ccccc1. The van der Waals surface area contributed by atoms with Crippen LogP contribution in [-0.4, -0.2) is 24.0 Å². The molecule has 0 aliphatic carbocycles. The number of nitrogens with one attached hydrogen (secondary N) is 1. The summed E-state index contributed by atoms with van der Waals surface area (Å²) >= 11 is 12.4. The summed E-state index contributed by atoms with van der Waals surface area (Å²) in [5, 5.41) is 13.8. The average Bonchev–Trinajstić information content (AvgIpc) is 2.97. The van der Waals surface area contributed by atoms with Crippen LogP contribution in [0.1, 0.15) is 5.56 Å². The molecule has 1 unspecified atom stereocenters. The number of aliphatic carboxylic acids is 1. The largest absolute Gasteiger partial charge is 0.479 e. The molecule has 0 bridgehead atoms. The summed E-state index contributed by atoms with van der Waals surface area (Å²) in [6.45, 7) is 3.81. The highest BCUT2D eigenvalue weighted by molar-refractivity contribution is 6.35. The van der Waals surface area contributed by atoms with Crippen LogP contribution in [0.4, 0.5) is 0 Å². The fourth-order valence-electron chi connectivity index (χ4n) is 3.11. The molecular formula is C19H14Cl2N2O3. The number of nitrogens with zero attached hydrogens (tertiary/aromatic N) is 1. The molecule has 0 saturated carbocycles. The second kappa shape index (κ2) is 6.59. The van der Waals surface area contributed by atoms with Gasteiger partial charge in [0.05, 0.1) is 10.4 Å². The van der Waals surface area contributed by atoms with Gasteiger partial charge in [0.2, 0.25) is 5.54 Å². The van der Waals surface area contributed by atoms with Crippen LogP contribution in [-0.2, 0) is 15.1 Å². The van der Waals surface area contributed by atoms with E-state index >= 15 is 0 Å². The Bertz CT molecular complexity index is 1060. The minimum atomic E-state index is -1.85. The third-order valence-electron chi connectivity index (χ3n) is 4.24. The van der Waals surface area contributed by atoms with Crippen molar-refractivity contribution in [1.82, 2.24) is 5.32 Å². The van der Waals surface area contributed by atoms with Crippen LogP contribution in [0.2, 0.25) is 10.0 Å². The minimum absolute atomic E-state index is 0.0227. The van der Waals surface area contributed by atoms with E-state index in [-0.39, 0.29) is 16.2 Å². The first-order chi connectivity index (χ1) is 12.3. The third kappa shape index (κ3) is 2.60. The lowest BCUT2D eigenvalue weighted by atomic mass is 9.79. The first-order valence-corrected chi connectivity index (χ1v) is 8.38. The monoisotopic (exact) mass is 388 g/mol. The predicted molar refractivity (Wildman–Crippen MR) is 99.6 cm³/mol. The van der Waals surface area contributed by atoms with Crippen LogP contribution in [0.5, 0.6) is 0 Å². The molecule has 7 heteroatoms. The summed E-state index contributed by atoms with van der Waals surface area (Å²) in [6, 6.07) is 11.4. The Morgan fingerprint density at radius 1 is 1.19 bits per heavy atom. The molecule has 2 N–H and O–H groups in total. The maximum atomic E-state index is 12.5. The zero-order valence-electron chi connectivity index (χ0n) is 13.7. The summed E-state index contributed by atoms with van der Waals surface area (Å²) in [5.74, 6) is -1.76. The van der Waals surface area contributed by atoms with E-state index in [4.69, 9.17) is 23.2 Å². The van der Waals surface area contributed by atoms with Crippen LogP contribution in [0.25, 0.3) is 5.57 Å². The van der Waals surface area contributed by atoms with E-state index in [0.717, 1.165) is 0 Å². The van der Waals surface area contributed by atoms with Gasteiger partial charge >= 0.3 is 5.97 Å². The molecule has 5 nitrogen and oxygen atoms in total. The van der Waals surface area contributed by atoms with Gasteiger partial charge in [0.15, 0.2) is 0 Å². The highest BCUT2D eigenvalue weighted by Gasteiger charge is 2.49. The molecule has 0 radical (unpaired) electrons.